The number of likely N-dealkylation sites (N-methyl/N-ethyl adjacent to an activating group) is 1. The lowest BCUT2D eigenvalue weighted by molar-refractivity contribution is -0.0830. The van der Waals surface area contributed by atoms with Gasteiger partial charge in [-0.1, -0.05) is 30.3 Å². The molecule has 0 amide bonds. The van der Waals surface area contributed by atoms with E-state index < -0.39 is 0 Å². The maximum absolute atomic E-state index is 5.94. The van der Waals surface area contributed by atoms with E-state index in [4.69, 9.17) is 4.74 Å². The largest absolute Gasteiger partial charge is 0.376 e. The van der Waals surface area contributed by atoms with Gasteiger partial charge < -0.3 is 15.0 Å². The molecule has 1 heterocycles. The van der Waals surface area contributed by atoms with Crippen molar-refractivity contribution in [1.29, 1.82) is 0 Å². The van der Waals surface area contributed by atoms with Crippen LogP contribution < -0.4 is 5.32 Å². The van der Waals surface area contributed by atoms with Gasteiger partial charge in [0.05, 0.1) is 5.60 Å². The lowest BCUT2D eigenvalue weighted by Crippen LogP contribution is -2.38. The standard InChI is InChI=1S/C21H36N2O/c1-21(2)17-20(11-15-24-21)19(10-12-22-13-14-23(3)4)16-18-8-6-5-7-9-18/h5-9,19-20,22H,10-17H2,1-4H3/t19-,20-/m0/s1. The van der Waals surface area contributed by atoms with E-state index >= 15 is 0 Å². The molecule has 0 aromatic heterocycles. The Labute approximate surface area is 148 Å². The fourth-order valence-corrected chi connectivity index (χ4v) is 3.82. The third-order valence-corrected chi connectivity index (χ3v) is 5.17. The van der Waals surface area contributed by atoms with Gasteiger partial charge in [0.15, 0.2) is 0 Å². The Balaban J connectivity index is 1.91. The second-order valence-corrected chi connectivity index (χ2v) is 8.15. The number of benzene rings is 1. The van der Waals surface area contributed by atoms with E-state index in [0.717, 1.165) is 38.1 Å². The van der Waals surface area contributed by atoms with Gasteiger partial charge in [-0.3, -0.25) is 0 Å². The van der Waals surface area contributed by atoms with Gasteiger partial charge in [0.25, 0.3) is 0 Å². The predicted octanol–water partition coefficient (Wildman–Crippen LogP) is 3.59. The molecule has 3 nitrogen and oxygen atoms in total. The second kappa shape index (κ2) is 9.55. The highest BCUT2D eigenvalue weighted by Crippen LogP contribution is 2.36. The average Bonchev–Trinajstić information content (AvgIpc) is 2.53. The highest BCUT2D eigenvalue weighted by molar-refractivity contribution is 5.15. The zero-order valence-electron chi connectivity index (χ0n) is 16.1. The van der Waals surface area contributed by atoms with Crippen molar-refractivity contribution in [2.75, 3.05) is 40.3 Å². The molecular formula is C21H36N2O. The fourth-order valence-electron chi connectivity index (χ4n) is 3.82. The third kappa shape index (κ3) is 6.92. The van der Waals surface area contributed by atoms with Gasteiger partial charge in [0.2, 0.25) is 0 Å². The molecule has 136 valence electrons. The predicted molar refractivity (Wildman–Crippen MR) is 102 cm³/mol. The van der Waals surface area contributed by atoms with E-state index in [1.165, 1.54) is 31.2 Å². The van der Waals surface area contributed by atoms with Crippen LogP contribution in [0.1, 0.15) is 38.7 Å². The van der Waals surface area contributed by atoms with Crippen molar-refractivity contribution < 1.29 is 4.74 Å². The summed E-state index contributed by atoms with van der Waals surface area (Å²) in [5.74, 6) is 1.51. The Morgan fingerprint density at radius 3 is 2.62 bits per heavy atom. The Kier molecular flexibility index (Phi) is 7.73. The third-order valence-electron chi connectivity index (χ3n) is 5.17. The summed E-state index contributed by atoms with van der Waals surface area (Å²) in [5.41, 5.74) is 1.51. The molecule has 0 saturated carbocycles. The number of hydrogen-bond acceptors (Lipinski definition) is 3. The molecule has 1 aliphatic heterocycles. The van der Waals surface area contributed by atoms with Crippen molar-refractivity contribution in [2.45, 2.75) is 45.1 Å². The van der Waals surface area contributed by atoms with Crippen LogP contribution in [-0.2, 0) is 11.2 Å². The molecule has 1 fully saturated rings. The van der Waals surface area contributed by atoms with Crippen molar-refractivity contribution in [3.05, 3.63) is 35.9 Å². The summed E-state index contributed by atoms with van der Waals surface area (Å²) in [6.07, 6.45) is 4.83. The molecule has 1 aromatic carbocycles. The molecule has 1 N–H and O–H groups in total. The van der Waals surface area contributed by atoms with E-state index in [2.05, 4.69) is 68.5 Å². The van der Waals surface area contributed by atoms with Crippen LogP contribution in [0, 0.1) is 11.8 Å². The molecule has 0 radical (unpaired) electrons. The topological polar surface area (TPSA) is 24.5 Å². The minimum Gasteiger partial charge on any atom is -0.376 e. The minimum absolute atomic E-state index is 0.0379. The van der Waals surface area contributed by atoms with Gasteiger partial charge in [0, 0.05) is 19.7 Å². The Morgan fingerprint density at radius 2 is 1.96 bits per heavy atom. The van der Waals surface area contributed by atoms with Crippen LogP contribution in [0.15, 0.2) is 30.3 Å². The van der Waals surface area contributed by atoms with Crippen molar-refractivity contribution in [2.24, 2.45) is 11.8 Å². The maximum atomic E-state index is 5.94. The maximum Gasteiger partial charge on any atom is 0.0629 e. The summed E-state index contributed by atoms with van der Waals surface area (Å²) in [4.78, 5) is 2.23. The molecule has 0 unspecified atom stereocenters. The molecule has 3 heteroatoms. The lowest BCUT2D eigenvalue weighted by Gasteiger charge is -2.39. The zero-order valence-corrected chi connectivity index (χ0v) is 16.1. The molecule has 0 bridgehead atoms. The van der Waals surface area contributed by atoms with Crippen LogP contribution >= 0.6 is 0 Å². The average molecular weight is 333 g/mol. The van der Waals surface area contributed by atoms with Gasteiger partial charge >= 0.3 is 0 Å². The van der Waals surface area contributed by atoms with Gasteiger partial charge in [-0.25, -0.2) is 0 Å². The SMILES string of the molecule is CN(C)CCNCC[C@@H](Cc1ccccc1)[C@H]1CCOC(C)(C)C1. The summed E-state index contributed by atoms with van der Waals surface area (Å²) < 4.78 is 5.94. The minimum atomic E-state index is 0.0379. The number of rotatable bonds is 9. The van der Waals surface area contributed by atoms with Crippen molar-refractivity contribution in [1.82, 2.24) is 10.2 Å². The van der Waals surface area contributed by atoms with Crippen LogP contribution in [0.5, 0.6) is 0 Å². The van der Waals surface area contributed by atoms with Gasteiger partial charge in [-0.05, 0) is 77.6 Å². The van der Waals surface area contributed by atoms with E-state index in [-0.39, 0.29) is 5.60 Å². The number of nitrogens with zero attached hydrogens (tertiary/aromatic N) is 1. The molecular weight excluding hydrogens is 296 g/mol. The summed E-state index contributed by atoms with van der Waals surface area (Å²) in [6, 6.07) is 11.0. The van der Waals surface area contributed by atoms with E-state index in [1.807, 2.05) is 0 Å². The molecule has 2 atom stereocenters. The normalized spacial score (nSPS) is 21.8. The first-order chi connectivity index (χ1) is 11.5. The highest BCUT2D eigenvalue weighted by atomic mass is 16.5. The molecule has 1 aliphatic rings. The van der Waals surface area contributed by atoms with Crippen LogP contribution in [-0.4, -0.2) is 50.8 Å². The van der Waals surface area contributed by atoms with Gasteiger partial charge in [-0.15, -0.1) is 0 Å². The first-order valence-corrected chi connectivity index (χ1v) is 9.49. The number of ether oxygens (including phenoxy) is 1. The molecule has 24 heavy (non-hydrogen) atoms. The molecule has 2 rings (SSSR count). The van der Waals surface area contributed by atoms with Crippen LogP contribution in [0.2, 0.25) is 0 Å². The fraction of sp³-hybridized carbons (Fsp3) is 0.714. The summed E-state index contributed by atoms with van der Waals surface area (Å²) in [6.45, 7) is 8.69. The quantitative estimate of drug-likeness (QED) is 0.699. The summed E-state index contributed by atoms with van der Waals surface area (Å²) >= 11 is 0. The monoisotopic (exact) mass is 332 g/mol. The van der Waals surface area contributed by atoms with Crippen LogP contribution in [0.25, 0.3) is 0 Å². The Hall–Kier alpha value is -0.900. The Bertz CT molecular complexity index is 458. The van der Waals surface area contributed by atoms with E-state index in [0.29, 0.717) is 0 Å². The molecule has 0 aliphatic carbocycles. The lowest BCUT2D eigenvalue weighted by atomic mass is 9.76. The highest BCUT2D eigenvalue weighted by Gasteiger charge is 2.33. The van der Waals surface area contributed by atoms with Gasteiger partial charge in [-0.2, -0.15) is 0 Å². The Morgan fingerprint density at radius 1 is 1.21 bits per heavy atom. The smallest absolute Gasteiger partial charge is 0.0629 e. The number of hydrogen-bond donors (Lipinski definition) is 1. The first-order valence-electron chi connectivity index (χ1n) is 9.49. The summed E-state index contributed by atoms with van der Waals surface area (Å²) in [5, 5.41) is 3.62. The van der Waals surface area contributed by atoms with Gasteiger partial charge in [0.1, 0.15) is 0 Å². The van der Waals surface area contributed by atoms with Crippen molar-refractivity contribution >= 4 is 0 Å². The van der Waals surface area contributed by atoms with Crippen molar-refractivity contribution in [3.63, 3.8) is 0 Å². The zero-order chi connectivity index (χ0) is 17.4. The second-order valence-electron chi connectivity index (χ2n) is 8.15. The number of nitrogens with one attached hydrogen (secondary N) is 1. The molecule has 0 spiro atoms. The first kappa shape index (κ1) is 19.4. The van der Waals surface area contributed by atoms with E-state index in [1.54, 1.807) is 0 Å². The van der Waals surface area contributed by atoms with Crippen LogP contribution in [0.3, 0.4) is 0 Å². The van der Waals surface area contributed by atoms with Crippen molar-refractivity contribution in [3.8, 4) is 0 Å². The molecule has 1 saturated heterocycles. The summed E-state index contributed by atoms with van der Waals surface area (Å²) in [7, 11) is 4.26. The molecule has 1 aromatic rings. The van der Waals surface area contributed by atoms with Crippen LogP contribution in [0.4, 0.5) is 0 Å². The van der Waals surface area contributed by atoms with E-state index in [9.17, 15) is 0 Å².